The summed E-state index contributed by atoms with van der Waals surface area (Å²) in [5.74, 6) is -0.475. The third-order valence-corrected chi connectivity index (χ3v) is 5.54. The van der Waals surface area contributed by atoms with Crippen LogP contribution in [-0.4, -0.2) is 65.7 Å². The highest BCUT2D eigenvalue weighted by molar-refractivity contribution is 7.89. The van der Waals surface area contributed by atoms with Gasteiger partial charge >= 0.3 is 5.97 Å². The van der Waals surface area contributed by atoms with Gasteiger partial charge in [-0.15, -0.1) is 0 Å². The molecule has 0 saturated carbocycles. The van der Waals surface area contributed by atoms with Crippen molar-refractivity contribution in [3.05, 3.63) is 18.2 Å². The van der Waals surface area contributed by atoms with Crippen molar-refractivity contribution in [3.8, 4) is 11.5 Å². The SMILES string of the molecule is COc1ccc(S(=O)(=O)NCC(=O)OCC(=O)N2CCCCC2)cc1OC. The fourth-order valence-corrected chi connectivity index (χ4v) is 3.63. The monoisotopic (exact) mass is 400 g/mol. The first-order chi connectivity index (χ1) is 12.9. The number of benzene rings is 1. The van der Waals surface area contributed by atoms with E-state index >= 15 is 0 Å². The van der Waals surface area contributed by atoms with Crippen molar-refractivity contribution in [2.75, 3.05) is 40.5 Å². The maximum atomic E-state index is 12.3. The standard InChI is InChI=1S/C17H24N2O7S/c1-24-14-7-6-13(10-15(14)25-2)27(22,23)18-11-17(21)26-12-16(20)19-8-4-3-5-9-19/h6-7,10,18H,3-5,8-9,11-12H2,1-2H3. The van der Waals surface area contributed by atoms with E-state index in [0.29, 0.717) is 18.8 Å². The summed E-state index contributed by atoms with van der Waals surface area (Å²) in [6, 6.07) is 4.06. The summed E-state index contributed by atoms with van der Waals surface area (Å²) in [6.07, 6.45) is 2.96. The predicted octanol–water partition coefficient (Wildman–Crippen LogP) is 0.538. The molecule has 1 aromatic carbocycles. The van der Waals surface area contributed by atoms with E-state index in [1.165, 1.54) is 32.4 Å². The number of amides is 1. The summed E-state index contributed by atoms with van der Waals surface area (Å²) in [7, 11) is -1.13. The Bertz CT molecular complexity index is 773. The van der Waals surface area contributed by atoms with Crippen molar-refractivity contribution in [2.24, 2.45) is 0 Å². The number of carbonyl (C=O) groups is 2. The maximum absolute atomic E-state index is 12.3. The lowest BCUT2D eigenvalue weighted by molar-refractivity contribution is -0.151. The molecule has 1 aromatic rings. The van der Waals surface area contributed by atoms with E-state index in [1.807, 2.05) is 0 Å². The molecule has 0 radical (unpaired) electrons. The quantitative estimate of drug-likeness (QED) is 0.634. The molecule has 0 spiro atoms. The zero-order valence-electron chi connectivity index (χ0n) is 15.4. The molecule has 1 fully saturated rings. The minimum Gasteiger partial charge on any atom is -0.493 e. The van der Waals surface area contributed by atoms with Gasteiger partial charge in [-0.1, -0.05) is 0 Å². The highest BCUT2D eigenvalue weighted by atomic mass is 32.2. The number of esters is 1. The van der Waals surface area contributed by atoms with Gasteiger partial charge in [-0.3, -0.25) is 9.59 Å². The average molecular weight is 400 g/mol. The molecule has 1 aliphatic heterocycles. The lowest BCUT2D eigenvalue weighted by Gasteiger charge is -2.26. The van der Waals surface area contributed by atoms with Crippen molar-refractivity contribution in [1.29, 1.82) is 0 Å². The van der Waals surface area contributed by atoms with Crippen LogP contribution in [0.15, 0.2) is 23.1 Å². The van der Waals surface area contributed by atoms with Crippen LogP contribution in [0.5, 0.6) is 11.5 Å². The number of nitrogens with zero attached hydrogens (tertiary/aromatic N) is 1. The fourth-order valence-electron chi connectivity index (χ4n) is 2.65. The summed E-state index contributed by atoms with van der Waals surface area (Å²) in [5, 5.41) is 0. The maximum Gasteiger partial charge on any atom is 0.321 e. The first-order valence-corrected chi connectivity index (χ1v) is 10.0. The van der Waals surface area contributed by atoms with Gasteiger partial charge in [-0.25, -0.2) is 8.42 Å². The number of ether oxygens (including phenoxy) is 3. The molecular weight excluding hydrogens is 376 g/mol. The number of nitrogens with one attached hydrogen (secondary N) is 1. The Morgan fingerprint density at radius 2 is 1.74 bits per heavy atom. The van der Waals surface area contributed by atoms with Crippen LogP contribution >= 0.6 is 0 Å². The molecule has 10 heteroatoms. The van der Waals surface area contributed by atoms with Crippen LogP contribution in [0.3, 0.4) is 0 Å². The lowest BCUT2D eigenvalue weighted by atomic mass is 10.1. The molecule has 1 heterocycles. The van der Waals surface area contributed by atoms with E-state index in [-0.39, 0.29) is 16.6 Å². The number of carbonyl (C=O) groups excluding carboxylic acids is 2. The highest BCUT2D eigenvalue weighted by Crippen LogP contribution is 2.29. The number of methoxy groups -OCH3 is 2. The van der Waals surface area contributed by atoms with Crippen molar-refractivity contribution >= 4 is 21.9 Å². The molecule has 1 N–H and O–H groups in total. The van der Waals surface area contributed by atoms with E-state index in [0.717, 1.165) is 19.3 Å². The molecule has 1 aliphatic rings. The normalized spacial score (nSPS) is 14.5. The zero-order valence-corrected chi connectivity index (χ0v) is 16.2. The van der Waals surface area contributed by atoms with Crippen LogP contribution in [-0.2, 0) is 24.3 Å². The zero-order chi connectivity index (χ0) is 19.9. The largest absolute Gasteiger partial charge is 0.493 e. The van der Waals surface area contributed by atoms with Crippen molar-refractivity contribution < 1.29 is 32.2 Å². The highest BCUT2D eigenvalue weighted by Gasteiger charge is 2.21. The third kappa shape index (κ3) is 5.83. The molecule has 1 amide bonds. The van der Waals surface area contributed by atoms with Crippen molar-refractivity contribution in [1.82, 2.24) is 9.62 Å². The molecule has 0 aliphatic carbocycles. The molecular formula is C17H24N2O7S. The molecule has 27 heavy (non-hydrogen) atoms. The first-order valence-electron chi connectivity index (χ1n) is 8.52. The smallest absolute Gasteiger partial charge is 0.321 e. The molecule has 0 bridgehead atoms. The van der Waals surface area contributed by atoms with E-state index in [1.54, 1.807) is 4.90 Å². The van der Waals surface area contributed by atoms with Gasteiger partial charge in [-0.05, 0) is 31.4 Å². The summed E-state index contributed by atoms with van der Waals surface area (Å²) in [5.41, 5.74) is 0. The van der Waals surface area contributed by atoms with E-state index in [9.17, 15) is 18.0 Å². The minimum absolute atomic E-state index is 0.0858. The molecule has 1 saturated heterocycles. The Hall–Kier alpha value is -2.33. The summed E-state index contributed by atoms with van der Waals surface area (Å²) in [4.78, 5) is 25.3. The summed E-state index contributed by atoms with van der Waals surface area (Å²) < 4.78 is 41.7. The van der Waals surface area contributed by atoms with Gasteiger partial charge < -0.3 is 19.1 Å². The molecule has 0 aromatic heterocycles. The van der Waals surface area contributed by atoms with Gasteiger partial charge in [0.25, 0.3) is 5.91 Å². The average Bonchev–Trinajstić information content (AvgIpc) is 2.70. The molecule has 2 rings (SSSR count). The number of likely N-dealkylation sites (tertiary alicyclic amines) is 1. The van der Waals surface area contributed by atoms with Gasteiger partial charge in [-0.2, -0.15) is 4.72 Å². The Morgan fingerprint density at radius 3 is 2.37 bits per heavy atom. The van der Waals surface area contributed by atoms with Crippen molar-refractivity contribution in [3.63, 3.8) is 0 Å². The van der Waals surface area contributed by atoms with Crippen LogP contribution in [0.1, 0.15) is 19.3 Å². The lowest BCUT2D eigenvalue weighted by Crippen LogP contribution is -2.39. The molecule has 150 valence electrons. The van der Waals surface area contributed by atoms with Crippen LogP contribution in [0, 0.1) is 0 Å². The number of sulfonamides is 1. The number of hydrogen-bond donors (Lipinski definition) is 1. The minimum atomic E-state index is -3.95. The van der Waals surface area contributed by atoms with Gasteiger partial charge in [0.15, 0.2) is 18.1 Å². The van der Waals surface area contributed by atoms with E-state index < -0.39 is 29.1 Å². The second-order valence-electron chi connectivity index (χ2n) is 5.94. The Kier molecular flexibility index (Phi) is 7.43. The number of hydrogen-bond acceptors (Lipinski definition) is 7. The van der Waals surface area contributed by atoms with Crippen LogP contribution in [0.25, 0.3) is 0 Å². The molecule has 0 unspecified atom stereocenters. The van der Waals surface area contributed by atoms with Gasteiger partial charge in [0.2, 0.25) is 10.0 Å². The second-order valence-corrected chi connectivity index (χ2v) is 7.71. The molecule has 9 nitrogen and oxygen atoms in total. The van der Waals surface area contributed by atoms with Gasteiger partial charge in [0, 0.05) is 19.2 Å². The van der Waals surface area contributed by atoms with Crippen molar-refractivity contribution in [2.45, 2.75) is 24.2 Å². The molecule has 0 atom stereocenters. The van der Waals surface area contributed by atoms with Crippen LogP contribution < -0.4 is 14.2 Å². The second kappa shape index (κ2) is 9.56. The fraction of sp³-hybridized carbons (Fsp3) is 0.529. The Balaban J connectivity index is 1.87. The van der Waals surface area contributed by atoms with E-state index in [4.69, 9.17) is 14.2 Å². The third-order valence-electron chi connectivity index (χ3n) is 4.14. The Morgan fingerprint density at radius 1 is 1.07 bits per heavy atom. The van der Waals surface area contributed by atoms with Crippen LogP contribution in [0.2, 0.25) is 0 Å². The first kappa shape index (κ1) is 21.0. The Labute approximate surface area is 158 Å². The number of rotatable bonds is 8. The topological polar surface area (TPSA) is 111 Å². The van der Waals surface area contributed by atoms with E-state index in [2.05, 4.69) is 4.72 Å². The number of piperidine rings is 1. The summed E-state index contributed by atoms with van der Waals surface area (Å²) in [6.45, 7) is 0.339. The van der Waals surface area contributed by atoms with Gasteiger partial charge in [0.1, 0.15) is 6.54 Å². The summed E-state index contributed by atoms with van der Waals surface area (Å²) >= 11 is 0. The predicted molar refractivity (Wildman–Crippen MR) is 96.1 cm³/mol. The van der Waals surface area contributed by atoms with Crippen LogP contribution in [0.4, 0.5) is 0 Å². The van der Waals surface area contributed by atoms with Gasteiger partial charge in [0.05, 0.1) is 19.1 Å².